The Labute approximate surface area is 136 Å². The molecule has 1 N–H and O–H groups in total. The largest absolute Gasteiger partial charge is 0.351 e. The molecule has 1 aromatic heterocycles. The lowest BCUT2D eigenvalue weighted by Gasteiger charge is -2.34. The van der Waals surface area contributed by atoms with Gasteiger partial charge in [-0.3, -0.25) is 9.69 Å². The maximum absolute atomic E-state index is 12.0. The summed E-state index contributed by atoms with van der Waals surface area (Å²) >= 11 is 0. The van der Waals surface area contributed by atoms with Crippen molar-refractivity contribution in [1.82, 2.24) is 20.2 Å². The SMILES string of the molecule is O=C(NCCN1CCN(c2ncccn2)CC1)c1ccccc1. The molecule has 2 heterocycles. The predicted molar refractivity (Wildman–Crippen MR) is 89.5 cm³/mol. The van der Waals surface area contributed by atoms with Crippen LogP contribution in [0, 0.1) is 0 Å². The predicted octanol–water partition coefficient (Wildman–Crippen LogP) is 1.03. The monoisotopic (exact) mass is 311 g/mol. The van der Waals surface area contributed by atoms with Crippen molar-refractivity contribution in [2.75, 3.05) is 44.2 Å². The van der Waals surface area contributed by atoms with Crippen LogP contribution in [0.3, 0.4) is 0 Å². The Kier molecular flexibility index (Phi) is 5.16. The van der Waals surface area contributed by atoms with E-state index in [0.29, 0.717) is 12.1 Å². The fourth-order valence-corrected chi connectivity index (χ4v) is 2.65. The van der Waals surface area contributed by atoms with E-state index in [1.165, 1.54) is 0 Å². The van der Waals surface area contributed by atoms with Gasteiger partial charge in [-0.25, -0.2) is 9.97 Å². The molecule has 1 aromatic carbocycles. The van der Waals surface area contributed by atoms with Gasteiger partial charge in [-0.1, -0.05) is 18.2 Å². The molecule has 1 aliphatic heterocycles. The number of carbonyl (C=O) groups is 1. The van der Waals surface area contributed by atoms with E-state index in [9.17, 15) is 4.79 Å². The highest BCUT2D eigenvalue weighted by Gasteiger charge is 2.18. The van der Waals surface area contributed by atoms with E-state index in [1.807, 2.05) is 36.4 Å². The topological polar surface area (TPSA) is 61.4 Å². The van der Waals surface area contributed by atoms with E-state index in [2.05, 4.69) is 25.1 Å². The number of piperazine rings is 1. The second-order valence-electron chi connectivity index (χ2n) is 5.50. The number of amides is 1. The number of aromatic nitrogens is 2. The third-order valence-corrected chi connectivity index (χ3v) is 3.96. The second kappa shape index (κ2) is 7.69. The molecule has 3 rings (SSSR count). The Morgan fingerprint density at radius 3 is 2.39 bits per heavy atom. The van der Waals surface area contributed by atoms with Gasteiger partial charge in [0.25, 0.3) is 5.91 Å². The Morgan fingerprint density at radius 1 is 1.00 bits per heavy atom. The fourth-order valence-electron chi connectivity index (χ4n) is 2.65. The molecule has 1 fully saturated rings. The molecular weight excluding hydrogens is 290 g/mol. The van der Waals surface area contributed by atoms with Crippen molar-refractivity contribution in [3.8, 4) is 0 Å². The van der Waals surface area contributed by atoms with Crippen molar-refractivity contribution in [2.45, 2.75) is 0 Å². The molecule has 0 spiro atoms. The summed E-state index contributed by atoms with van der Waals surface area (Å²) in [5.74, 6) is 0.784. The summed E-state index contributed by atoms with van der Waals surface area (Å²) in [5, 5.41) is 2.97. The molecule has 0 radical (unpaired) electrons. The number of benzene rings is 1. The lowest BCUT2D eigenvalue weighted by molar-refractivity contribution is 0.0948. The van der Waals surface area contributed by atoms with Crippen molar-refractivity contribution < 1.29 is 4.79 Å². The molecule has 2 aromatic rings. The summed E-state index contributed by atoms with van der Waals surface area (Å²) in [4.78, 5) is 25.1. The van der Waals surface area contributed by atoms with Crippen molar-refractivity contribution >= 4 is 11.9 Å². The molecule has 6 heteroatoms. The second-order valence-corrected chi connectivity index (χ2v) is 5.50. The highest BCUT2D eigenvalue weighted by molar-refractivity contribution is 5.94. The summed E-state index contributed by atoms with van der Waals surface area (Å²) in [6.45, 7) is 5.27. The van der Waals surface area contributed by atoms with E-state index in [1.54, 1.807) is 12.4 Å². The highest BCUT2D eigenvalue weighted by Crippen LogP contribution is 2.09. The van der Waals surface area contributed by atoms with E-state index in [0.717, 1.165) is 38.7 Å². The molecular formula is C17H21N5O. The van der Waals surface area contributed by atoms with E-state index < -0.39 is 0 Å². The average molecular weight is 311 g/mol. The van der Waals surface area contributed by atoms with Crippen LogP contribution < -0.4 is 10.2 Å². The Morgan fingerprint density at radius 2 is 1.70 bits per heavy atom. The van der Waals surface area contributed by atoms with Gasteiger partial charge >= 0.3 is 0 Å². The maximum Gasteiger partial charge on any atom is 0.251 e. The lowest BCUT2D eigenvalue weighted by Crippen LogP contribution is -2.49. The van der Waals surface area contributed by atoms with Gasteiger partial charge in [0.05, 0.1) is 0 Å². The Bertz CT molecular complexity index is 611. The first-order chi connectivity index (χ1) is 11.3. The van der Waals surface area contributed by atoms with Crippen molar-refractivity contribution in [3.05, 3.63) is 54.4 Å². The van der Waals surface area contributed by atoms with Crippen LogP contribution in [-0.4, -0.2) is 60.0 Å². The molecule has 0 aliphatic carbocycles. The maximum atomic E-state index is 12.0. The van der Waals surface area contributed by atoms with Gasteiger partial charge in [0.2, 0.25) is 5.95 Å². The van der Waals surface area contributed by atoms with Crippen LogP contribution in [0.2, 0.25) is 0 Å². The Hall–Kier alpha value is -2.47. The molecule has 0 saturated carbocycles. The van der Waals surface area contributed by atoms with Crippen LogP contribution >= 0.6 is 0 Å². The third-order valence-electron chi connectivity index (χ3n) is 3.96. The van der Waals surface area contributed by atoms with Gasteiger partial charge in [0, 0.05) is 57.2 Å². The number of hydrogen-bond acceptors (Lipinski definition) is 5. The number of hydrogen-bond donors (Lipinski definition) is 1. The lowest BCUT2D eigenvalue weighted by atomic mass is 10.2. The zero-order valence-corrected chi connectivity index (χ0v) is 13.1. The summed E-state index contributed by atoms with van der Waals surface area (Å²) < 4.78 is 0. The van der Waals surface area contributed by atoms with Gasteiger partial charge in [0.1, 0.15) is 0 Å². The minimum atomic E-state index is -0.0121. The molecule has 120 valence electrons. The highest BCUT2D eigenvalue weighted by atomic mass is 16.1. The standard InChI is InChI=1S/C17H21N5O/c23-16(15-5-2-1-3-6-15)18-9-10-21-11-13-22(14-12-21)17-19-7-4-8-20-17/h1-8H,9-14H2,(H,18,23). The molecule has 23 heavy (non-hydrogen) atoms. The van der Waals surface area contributed by atoms with Crippen molar-refractivity contribution in [2.24, 2.45) is 0 Å². The molecule has 0 atom stereocenters. The number of carbonyl (C=O) groups excluding carboxylic acids is 1. The minimum Gasteiger partial charge on any atom is -0.351 e. The van der Waals surface area contributed by atoms with Crippen molar-refractivity contribution in [3.63, 3.8) is 0 Å². The molecule has 0 bridgehead atoms. The minimum absolute atomic E-state index is 0.0121. The van der Waals surface area contributed by atoms with Gasteiger partial charge < -0.3 is 10.2 Å². The summed E-state index contributed by atoms with van der Waals surface area (Å²) in [7, 11) is 0. The van der Waals surface area contributed by atoms with E-state index >= 15 is 0 Å². The zero-order valence-electron chi connectivity index (χ0n) is 13.1. The van der Waals surface area contributed by atoms with Gasteiger partial charge in [-0.2, -0.15) is 0 Å². The first kappa shape index (κ1) is 15.4. The molecule has 6 nitrogen and oxygen atoms in total. The van der Waals surface area contributed by atoms with Crippen LogP contribution in [0.4, 0.5) is 5.95 Å². The average Bonchev–Trinajstić information content (AvgIpc) is 2.64. The number of nitrogens with zero attached hydrogens (tertiary/aromatic N) is 4. The summed E-state index contributed by atoms with van der Waals surface area (Å²) in [6.07, 6.45) is 3.54. The van der Waals surface area contributed by atoms with Gasteiger partial charge in [-0.15, -0.1) is 0 Å². The first-order valence-corrected chi connectivity index (χ1v) is 7.90. The van der Waals surface area contributed by atoms with Crippen molar-refractivity contribution in [1.29, 1.82) is 0 Å². The van der Waals surface area contributed by atoms with Crippen LogP contribution in [0.15, 0.2) is 48.8 Å². The number of anilines is 1. The molecule has 1 saturated heterocycles. The quantitative estimate of drug-likeness (QED) is 0.893. The normalized spacial score (nSPS) is 15.4. The Balaban J connectivity index is 1.39. The fraction of sp³-hybridized carbons (Fsp3) is 0.353. The summed E-state index contributed by atoms with van der Waals surface area (Å²) in [5.41, 5.74) is 0.707. The van der Waals surface area contributed by atoms with Crippen LogP contribution in [0.1, 0.15) is 10.4 Å². The number of rotatable bonds is 5. The van der Waals surface area contributed by atoms with Crippen LogP contribution in [0.5, 0.6) is 0 Å². The van der Waals surface area contributed by atoms with Gasteiger partial charge in [0.15, 0.2) is 0 Å². The van der Waals surface area contributed by atoms with E-state index in [4.69, 9.17) is 0 Å². The van der Waals surface area contributed by atoms with Gasteiger partial charge in [-0.05, 0) is 18.2 Å². The van der Waals surface area contributed by atoms with Crippen LogP contribution in [-0.2, 0) is 0 Å². The number of nitrogens with one attached hydrogen (secondary N) is 1. The molecule has 1 amide bonds. The molecule has 0 unspecified atom stereocenters. The smallest absolute Gasteiger partial charge is 0.251 e. The third kappa shape index (κ3) is 4.26. The molecule has 1 aliphatic rings. The first-order valence-electron chi connectivity index (χ1n) is 7.90. The van der Waals surface area contributed by atoms with Crippen LogP contribution in [0.25, 0.3) is 0 Å². The summed E-state index contributed by atoms with van der Waals surface area (Å²) in [6, 6.07) is 11.1. The zero-order chi connectivity index (χ0) is 15.9. The van der Waals surface area contributed by atoms with E-state index in [-0.39, 0.29) is 5.91 Å².